The molecule has 0 saturated heterocycles. The molecule has 2 aliphatic heterocycles. The van der Waals surface area contributed by atoms with Gasteiger partial charge in [0.2, 0.25) is 0 Å². The number of hydrogen-bond acceptors (Lipinski definition) is 6. The topological polar surface area (TPSA) is 96.2 Å². The summed E-state index contributed by atoms with van der Waals surface area (Å²) in [5.41, 5.74) is 2.18. The molecule has 3 N–H and O–H groups in total. The fourth-order valence-corrected chi connectivity index (χ4v) is 3.92. The molecule has 31 heavy (non-hydrogen) atoms. The molecule has 162 valence electrons. The van der Waals surface area contributed by atoms with Gasteiger partial charge in [-0.25, -0.2) is 0 Å². The van der Waals surface area contributed by atoms with Crippen molar-refractivity contribution < 1.29 is 29.6 Å². The fraction of sp³-hybridized carbons (Fsp3) is 0.320. The molecular formula is C25H26O6. The van der Waals surface area contributed by atoms with Crippen LogP contribution in [-0.2, 0) is 6.42 Å². The number of fused-ring (bicyclic) bond motifs is 3. The molecule has 2 aromatic carbocycles. The van der Waals surface area contributed by atoms with Gasteiger partial charge in [0.05, 0.1) is 12.0 Å². The quantitative estimate of drug-likeness (QED) is 0.588. The van der Waals surface area contributed by atoms with E-state index in [0.717, 1.165) is 5.57 Å². The number of allylic oxidation sites excluding steroid dienone is 2. The highest BCUT2D eigenvalue weighted by Gasteiger charge is 2.38. The first kappa shape index (κ1) is 20.8. The Hall–Kier alpha value is -3.41. The third-order valence-corrected chi connectivity index (χ3v) is 5.51. The van der Waals surface area contributed by atoms with Crippen LogP contribution in [-0.4, -0.2) is 26.7 Å². The Morgan fingerprint density at radius 1 is 1.19 bits per heavy atom. The Labute approximate surface area is 181 Å². The number of ether oxygens (including phenoxy) is 2. The average molecular weight is 422 g/mol. The van der Waals surface area contributed by atoms with Crippen molar-refractivity contribution in [1.29, 1.82) is 0 Å². The van der Waals surface area contributed by atoms with Crippen molar-refractivity contribution >= 4 is 11.9 Å². The minimum atomic E-state index is -0.754. The number of rotatable bonds is 3. The van der Waals surface area contributed by atoms with E-state index in [1.807, 2.05) is 45.9 Å². The zero-order valence-electron chi connectivity index (χ0n) is 18.0. The molecule has 2 aromatic rings. The maximum atomic E-state index is 13.1. The molecular weight excluding hydrogens is 396 g/mol. The summed E-state index contributed by atoms with van der Waals surface area (Å²) >= 11 is 0. The van der Waals surface area contributed by atoms with E-state index in [1.165, 1.54) is 18.2 Å². The number of benzene rings is 2. The minimum Gasteiger partial charge on any atom is -0.508 e. The van der Waals surface area contributed by atoms with Crippen LogP contribution in [0.1, 0.15) is 67.3 Å². The summed E-state index contributed by atoms with van der Waals surface area (Å²) in [6, 6.07) is 4.16. The third-order valence-electron chi connectivity index (χ3n) is 5.51. The highest BCUT2D eigenvalue weighted by Crippen LogP contribution is 2.52. The van der Waals surface area contributed by atoms with Crippen LogP contribution in [0.4, 0.5) is 0 Å². The van der Waals surface area contributed by atoms with Gasteiger partial charge in [-0.1, -0.05) is 11.6 Å². The van der Waals surface area contributed by atoms with Gasteiger partial charge in [0.25, 0.3) is 0 Å². The molecule has 0 fully saturated rings. The van der Waals surface area contributed by atoms with Crippen LogP contribution in [0.2, 0.25) is 0 Å². The number of hydrogen-bond donors (Lipinski definition) is 3. The molecule has 4 rings (SSSR count). The van der Waals surface area contributed by atoms with Crippen molar-refractivity contribution in [2.75, 3.05) is 0 Å². The van der Waals surface area contributed by atoms with Gasteiger partial charge in [-0.2, -0.15) is 0 Å². The van der Waals surface area contributed by atoms with Crippen LogP contribution in [0.25, 0.3) is 6.08 Å². The Kier molecular flexibility index (Phi) is 4.96. The Balaban J connectivity index is 1.89. The second-order valence-corrected chi connectivity index (χ2v) is 8.78. The van der Waals surface area contributed by atoms with Crippen LogP contribution < -0.4 is 9.47 Å². The largest absolute Gasteiger partial charge is 0.508 e. The van der Waals surface area contributed by atoms with E-state index in [0.29, 0.717) is 28.9 Å². The summed E-state index contributed by atoms with van der Waals surface area (Å²) in [5.74, 6) is 0.0821. The Bertz CT molecular complexity index is 1140. The molecule has 1 atom stereocenters. The lowest BCUT2D eigenvalue weighted by atomic mass is 9.88. The van der Waals surface area contributed by atoms with E-state index in [2.05, 4.69) is 0 Å². The van der Waals surface area contributed by atoms with E-state index in [9.17, 15) is 20.1 Å². The number of ketones is 1. The molecule has 0 unspecified atom stereocenters. The number of phenolic OH excluding ortho intramolecular Hbond substituents is 3. The van der Waals surface area contributed by atoms with Gasteiger partial charge in [-0.05, 0) is 58.4 Å². The van der Waals surface area contributed by atoms with Crippen molar-refractivity contribution in [3.05, 3.63) is 58.2 Å². The molecule has 0 spiro atoms. The van der Waals surface area contributed by atoms with Gasteiger partial charge in [0.1, 0.15) is 46.0 Å². The fourth-order valence-electron chi connectivity index (χ4n) is 3.92. The first-order valence-electron chi connectivity index (χ1n) is 10.2. The summed E-state index contributed by atoms with van der Waals surface area (Å²) in [6.07, 6.45) is 5.33. The van der Waals surface area contributed by atoms with Gasteiger partial charge in [0.15, 0.2) is 5.78 Å². The maximum Gasteiger partial charge on any atom is 0.174 e. The van der Waals surface area contributed by atoms with Gasteiger partial charge in [0, 0.05) is 17.2 Å². The summed E-state index contributed by atoms with van der Waals surface area (Å²) in [5, 5.41) is 30.9. The van der Waals surface area contributed by atoms with Gasteiger partial charge >= 0.3 is 0 Å². The molecule has 6 heteroatoms. The van der Waals surface area contributed by atoms with Crippen molar-refractivity contribution in [2.45, 2.75) is 52.2 Å². The first-order valence-corrected chi connectivity index (χ1v) is 10.2. The van der Waals surface area contributed by atoms with Crippen molar-refractivity contribution in [3.63, 3.8) is 0 Å². The van der Waals surface area contributed by atoms with Crippen LogP contribution in [0, 0.1) is 0 Å². The Morgan fingerprint density at radius 3 is 2.61 bits per heavy atom. The number of carbonyl (C=O) groups excluding carboxylic acids is 1. The van der Waals surface area contributed by atoms with Crippen LogP contribution >= 0.6 is 0 Å². The maximum absolute atomic E-state index is 13.1. The lowest BCUT2D eigenvalue weighted by Crippen LogP contribution is -2.30. The third kappa shape index (κ3) is 3.74. The molecule has 0 aromatic heterocycles. The lowest BCUT2D eigenvalue weighted by molar-refractivity contribution is 0.0837. The van der Waals surface area contributed by atoms with Gasteiger partial charge in [-0.15, -0.1) is 0 Å². The van der Waals surface area contributed by atoms with E-state index < -0.39 is 11.7 Å². The van der Waals surface area contributed by atoms with Crippen LogP contribution in [0.3, 0.4) is 0 Å². The second kappa shape index (κ2) is 7.38. The second-order valence-electron chi connectivity index (χ2n) is 8.78. The zero-order valence-corrected chi connectivity index (χ0v) is 18.0. The minimum absolute atomic E-state index is 0.0458. The predicted octanol–water partition coefficient (Wildman–Crippen LogP) is 5.20. The monoisotopic (exact) mass is 422 g/mol. The highest BCUT2D eigenvalue weighted by molar-refractivity contribution is 6.05. The standard InChI is InChI=1S/C25H26O6/c1-13(2)5-7-16-22(29)21-19(28)12-20(15-8-6-14(26)11-18(15)27)30-24(21)17-9-10-25(3,4)31-23(16)17/h5-6,8-11,20,26-27,29H,7,12H2,1-4H3/t20-/m1/s1. The Morgan fingerprint density at radius 2 is 1.94 bits per heavy atom. The van der Waals surface area contributed by atoms with Crippen molar-refractivity contribution in [3.8, 4) is 28.7 Å². The van der Waals surface area contributed by atoms with Crippen LogP contribution in [0.15, 0.2) is 35.9 Å². The molecule has 2 heterocycles. The molecule has 0 bridgehead atoms. The zero-order chi connectivity index (χ0) is 22.5. The van der Waals surface area contributed by atoms with Crippen molar-refractivity contribution in [1.82, 2.24) is 0 Å². The summed E-state index contributed by atoms with van der Waals surface area (Å²) in [4.78, 5) is 13.1. The van der Waals surface area contributed by atoms with E-state index in [1.54, 1.807) is 0 Å². The van der Waals surface area contributed by atoms with Crippen LogP contribution in [0.5, 0.6) is 28.7 Å². The lowest BCUT2D eigenvalue weighted by Gasteiger charge is -2.34. The number of Topliss-reactive ketones (excluding diaryl/α,β-unsaturated/α-hetero) is 1. The summed E-state index contributed by atoms with van der Waals surface area (Å²) in [7, 11) is 0. The molecule has 0 amide bonds. The summed E-state index contributed by atoms with van der Waals surface area (Å²) < 4.78 is 12.4. The highest BCUT2D eigenvalue weighted by atomic mass is 16.5. The normalized spacial score (nSPS) is 18.5. The molecule has 0 saturated carbocycles. The first-order chi connectivity index (χ1) is 14.6. The smallest absolute Gasteiger partial charge is 0.174 e. The van der Waals surface area contributed by atoms with Gasteiger partial charge < -0.3 is 24.8 Å². The summed E-state index contributed by atoms with van der Waals surface area (Å²) in [6.45, 7) is 7.76. The molecule has 0 radical (unpaired) electrons. The molecule has 2 aliphatic rings. The van der Waals surface area contributed by atoms with Crippen molar-refractivity contribution in [2.24, 2.45) is 0 Å². The number of aromatic hydroxyl groups is 3. The number of phenols is 3. The average Bonchev–Trinajstić information content (AvgIpc) is 2.66. The SMILES string of the molecule is CC(C)=CCc1c(O)c2c(c3c1OC(C)(C)C=C3)O[C@@H](c1ccc(O)cc1O)CC2=O. The molecule has 0 aliphatic carbocycles. The van der Waals surface area contributed by atoms with Gasteiger partial charge in [-0.3, -0.25) is 4.79 Å². The van der Waals surface area contributed by atoms with E-state index >= 15 is 0 Å². The number of carbonyl (C=O) groups is 1. The predicted molar refractivity (Wildman–Crippen MR) is 117 cm³/mol. The molecule has 6 nitrogen and oxygen atoms in total. The van der Waals surface area contributed by atoms with E-state index in [-0.39, 0.29) is 40.8 Å². The van der Waals surface area contributed by atoms with E-state index in [4.69, 9.17) is 9.47 Å².